The van der Waals surface area contributed by atoms with Crippen LogP contribution in [0.5, 0.6) is 0 Å². The van der Waals surface area contributed by atoms with Crippen LogP contribution in [0.3, 0.4) is 0 Å². The SMILES string of the molecule is CCCCc1nc(-c2ccc(F)cc2)c(C(=O)N(CC)CC)n1Cc1ccc(-c2ccccc2C#N)cc1. The third kappa shape index (κ3) is 5.68. The molecular weight excluding hydrogens is 475 g/mol. The number of unbranched alkanes of at least 4 members (excludes halogenated alkanes) is 1. The zero-order chi connectivity index (χ0) is 27.1. The van der Waals surface area contributed by atoms with Gasteiger partial charge in [-0.25, -0.2) is 9.37 Å². The summed E-state index contributed by atoms with van der Waals surface area (Å²) in [5.41, 5.74) is 5.36. The fourth-order valence-electron chi connectivity index (χ4n) is 4.69. The minimum atomic E-state index is -0.325. The van der Waals surface area contributed by atoms with Crippen LogP contribution < -0.4 is 0 Å². The summed E-state index contributed by atoms with van der Waals surface area (Å²) < 4.78 is 15.8. The van der Waals surface area contributed by atoms with Gasteiger partial charge in [0, 0.05) is 31.6 Å². The molecule has 0 aliphatic rings. The summed E-state index contributed by atoms with van der Waals surface area (Å²) in [7, 11) is 0. The van der Waals surface area contributed by atoms with E-state index in [9.17, 15) is 14.4 Å². The van der Waals surface area contributed by atoms with Crippen molar-refractivity contribution in [2.75, 3.05) is 13.1 Å². The number of nitriles is 1. The summed E-state index contributed by atoms with van der Waals surface area (Å²) >= 11 is 0. The fraction of sp³-hybridized carbons (Fsp3) is 0.281. The van der Waals surface area contributed by atoms with Crippen molar-refractivity contribution in [2.24, 2.45) is 0 Å². The van der Waals surface area contributed by atoms with Gasteiger partial charge in [-0.05, 0) is 67.3 Å². The standard InChI is InChI=1S/C32H33FN4O/c1-4-7-12-29-35-30(25-17-19-27(33)20-18-25)31(32(38)36(5-2)6-3)37(29)22-23-13-15-24(16-14-23)28-11-9-8-10-26(28)21-34/h8-11,13-20H,4-7,12,22H2,1-3H3. The summed E-state index contributed by atoms with van der Waals surface area (Å²) in [4.78, 5) is 20.6. The van der Waals surface area contributed by atoms with Gasteiger partial charge in [0.1, 0.15) is 23.0 Å². The topological polar surface area (TPSA) is 61.9 Å². The molecule has 38 heavy (non-hydrogen) atoms. The maximum Gasteiger partial charge on any atom is 0.272 e. The van der Waals surface area contributed by atoms with E-state index >= 15 is 0 Å². The van der Waals surface area contributed by atoms with Crippen LogP contribution in [0.25, 0.3) is 22.4 Å². The van der Waals surface area contributed by atoms with Crippen molar-refractivity contribution < 1.29 is 9.18 Å². The first kappa shape index (κ1) is 26.8. The van der Waals surface area contributed by atoms with Crippen molar-refractivity contribution >= 4 is 5.91 Å². The molecule has 6 heteroatoms. The molecule has 194 valence electrons. The number of amides is 1. The molecule has 0 saturated heterocycles. The van der Waals surface area contributed by atoms with Crippen LogP contribution in [0.1, 0.15) is 61.1 Å². The molecule has 4 rings (SSSR count). The molecule has 0 bridgehead atoms. The average molecular weight is 509 g/mol. The van der Waals surface area contributed by atoms with Gasteiger partial charge < -0.3 is 9.47 Å². The van der Waals surface area contributed by atoms with E-state index in [1.165, 1.54) is 12.1 Å². The highest BCUT2D eigenvalue weighted by Crippen LogP contribution is 2.29. The number of carbonyl (C=O) groups is 1. The number of imidazole rings is 1. The van der Waals surface area contributed by atoms with Gasteiger partial charge in [0.25, 0.3) is 5.91 Å². The Bertz CT molecular complexity index is 1430. The molecule has 4 aromatic rings. The molecule has 0 spiro atoms. The largest absolute Gasteiger partial charge is 0.338 e. The zero-order valence-corrected chi connectivity index (χ0v) is 22.2. The molecule has 3 aromatic carbocycles. The quantitative estimate of drug-likeness (QED) is 0.229. The maximum absolute atomic E-state index is 13.8. The Hall–Kier alpha value is -4.24. The second kappa shape index (κ2) is 12.3. The Morgan fingerprint density at radius 3 is 2.24 bits per heavy atom. The zero-order valence-electron chi connectivity index (χ0n) is 22.2. The van der Waals surface area contributed by atoms with Crippen molar-refractivity contribution in [3.8, 4) is 28.5 Å². The van der Waals surface area contributed by atoms with E-state index in [-0.39, 0.29) is 11.7 Å². The van der Waals surface area contributed by atoms with Crippen LogP contribution in [-0.4, -0.2) is 33.4 Å². The Morgan fingerprint density at radius 1 is 0.947 bits per heavy atom. The third-order valence-corrected chi connectivity index (χ3v) is 6.82. The van der Waals surface area contributed by atoms with Crippen molar-refractivity contribution in [3.63, 3.8) is 0 Å². The number of halogens is 1. The molecule has 0 fully saturated rings. The molecule has 1 amide bonds. The van der Waals surface area contributed by atoms with Crippen molar-refractivity contribution in [3.05, 3.63) is 101 Å². The number of rotatable bonds is 10. The first-order chi connectivity index (χ1) is 18.5. The van der Waals surface area contributed by atoms with E-state index in [4.69, 9.17) is 4.98 Å². The van der Waals surface area contributed by atoms with Crippen molar-refractivity contribution in [1.82, 2.24) is 14.5 Å². The maximum atomic E-state index is 13.8. The first-order valence-electron chi connectivity index (χ1n) is 13.2. The van der Waals surface area contributed by atoms with Crippen LogP contribution in [0.4, 0.5) is 4.39 Å². The average Bonchev–Trinajstić information content (AvgIpc) is 3.30. The minimum Gasteiger partial charge on any atom is -0.338 e. The van der Waals surface area contributed by atoms with E-state index in [1.807, 2.05) is 66.9 Å². The Labute approximate surface area is 224 Å². The summed E-state index contributed by atoms with van der Waals surface area (Å²) in [6.45, 7) is 7.72. The van der Waals surface area contributed by atoms with Gasteiger partial charge in [-0.2, -0.15) is 5.26 Å². The third-order valence-electron chi connectivity index (χ3n) is 6.82. The highest BCUT2D eigenvalue weighted by molar-refractivity contribution is 5.98. The predicted octanol–water partition coefficient (Wildman–Crippen LogP) is 7.10. The Morgan fingerprint density at radius 2 is 1.61 bits per heavy atom. The van der Waals surface area contributed by atoms with Gasteiger partial charge >= 0.3 is 0 Å². The molecule has 0 aliphatic carbocycles. The second-order valence-electron chi connectivity index (χ2n) is 9.25. The van der Waals surface area contributed by atoms with E-state index in [1.54, 1.807) is 17.0 Å². The molecule has 0 aliphatic heterocycles. The van der Waals surface area contributed by atoms with Crippen LogP contribution in [0.2, 0.25) is 0 Å². The lowest BCUT2D eigenvalue weighted by atomic mass is 9.99. The van der Waals surface area contributed by atoms with Crippen molar-refractivity contribution in [1.29, 1.82) is 5.26 Å². The number of nitrogens with zero attached hydrogens (tertiary/aromatic N) is 4. The Balaban J connectivity index is 1.80. The molecule has 5 nitrogen and oxygen atoms in total. The molecule has 1 aromatic heterocycles. The summed E-state index contributed by atoms with van der Waals surface area (Å²) in [5, 5.41) is 9.49. The monoisotopic (exact) mass is 508 g/mol. The van der Waals surface area contributed by atoms with Crippen LogP contribution in [0.15, 0.2) is 72.8 Å². The smallest absolute Gasteiger partial charge is 0.272 e. The molecule has 0 unspecified atom stereocenters. The predicted molar refractivity (Wildman–Crippen MR) is 149 cm³/mol. The molecule has 0 atom stereocenters. The van der Waals surface area contributed by atoms with Gasteiger partial charge in [-0.15, -0.1) is 0 Å². The number of hydrogen-bond donors (Lipinski definition) is 0. The van der Waals surface area contributed by atoms with Crippen LogP contribution in [0, 0.1) is 17.1 Å². The van der Waals surface area contributed by atoms with Gasteiger partial charge in [-0.1, -0.05) is 55.8 Å². The van der Waals surface area contributed by atoms with Crippen molar-refractivity contribution in [2.45, 2.75) is 46.6 Å². The van der Waals surface area contributed by atoms with Gasteiger partial charge in [0.2, 0.25) is 0 Å². The van der Waals surface area contributed by atoms with Gasteiger partial charge in [0.15, 0.2) is 0 Å². The highest BCUT2D eigenvalue weighted by atomic mass is 19.1. The highest BCUT2D eigenvalue weighted by Gasteiger charge is 2.27. The van der Waals surface area contributed by atoms with E-state index in [2.05, 4.69) is 13.0 Å². The molecular formula is C32H33FN4O. The fourth-order valence-corrected chi connectivity index (χ4v) is 4.69. The number of hydrogen-bond acceptors (Lipinski definition) is 3. The number of aryl methyl sites for hydroxylation is 1. The molecule has 0 radical (unpaired) electrons. The van der Waals surface area contributed by atoms with E-state index in [0.717, 1.165) is 47.3 Å². The summed E-state index contributed by atoms with van der Waals surface area (Å²) in [6.07, 6.45) is 2.69. The Kier molecular flexibility index (Phi) is 8.70. The van der Waals surface area contributed by atoms with E-state index < -0.39 is 0 Å². The van der Waals surface area contributed by atoms with Crippen LogP contribution in [-0.2, 0) is 13.0 Å². The summed E-state index contributed by atoms with van der Waals surface area (Å²) in [5.74, 6) is 0.443. The number of benzene rings is 3. The first-order valence-corrected chi connectivity index (χ1v) is 13.2. The number of carbonyl (C=O) groups excluding carboxylic acids is 1. The lowest BCUT2D eigenvalue weighted by molar-refractivity contribution is 0.0763. The molecule has 1 heterocycles. The second-order valence-corrected chi connectivity index (χ2v) is 9.25. The summed E-state index contributed by atoms with van der Waals surface area (Å²) in [6, 6.07) is 24.1. The van der Waals surface area contributed by atoms with Gasteiger partial charge in [0.05, 0.1) is 11.6 Å². The van der Waals surface area contributed by atoms with Gasteiger partial charge in [-0.3, -0.25) is 4.79 Å². The normalized spacial score (nSPS) is 10.8. The number of aromatic nitrogens is 2. The van der Waals surface area contributed by atoms with E-state index in [0.29, 0.717) is 36.6 Å². The minimum absolute atomic E-state index is 0.0795. The lowest BCUT2D eigenvalue weighted by Gasteiger charge is -2.21. The molecule has 0 saturated carbocycles. The van der Waals surface area contributed by atoms with Crippen LogP contribution >= 0.6 is 0 Å². The molecule has 0 N–H and O–H groups in total. The lowest BCUT2D eigenvalue weighted by Crippen LogP contribution is -2.33.